The third-order valence-corrected chi connectivity index (χ3v) is 7.04. The molecule has 2 aromatic rings. The van der Waals surface area contributed by atoms with E-state index in [2.05, 4.69) is 4.72 Å². The van der Waals surface area contributed by atoms with E-state index in [0.29, 0.717) is 17.9 Å². The van der Waals surface area contributed by atoms with E-state index in [-0.39, 0.29) is 36.1 Å². The first-order valence-corrected chi connectivity index (χ1v) is 11.2. The Hall–Kier alpha value is -2.58. The quantitative estimate of drug-likeness (QED) is 0.813. The Labute approximate surface area is 169 Å². The van der Waals surface area contributed by atoms with Crippen molar-refractivity contribution in [2.75, 3.05) is 11.7 Å². The molecule has 0 unspecified atom stereocenters. The van der Waals surface area contributed by atoms with E-state index in [1.54, 1.807) is 30.3 Å². The maximum absolute atomic E-state index is 12.8. The van der Waals surface area contributed by atoms with Gasteiger partial charge in [-0.1, -0.05) is 6.07 Å². The van der Waals surface area contributed by atoms with Crippen molar-refractivity contribution in [1.29, 1.82) is 0 Å². The van der Waals surface area contributed by atoms with Gasteiger partial charge in [0.25, 0.3) is 0 Å². The average molecular weight is 414 g/mol. The summed E-state index contributed by atoms with van der Waals surface area (Å²) in [5, 5.41) is 0. The molecule has 0 saturated heterocycles. The van der Waals surface area contributed by atoms with Gasteiger partial charge in [-0.3, -0.25) is 4.79 Å². The van der Waals surface area contributed by atoms with Gasteiger partial charge in [-0.15, -0.1) is 0 Å². The number of fused-ring (bicyclic) bond motifs is 2. The van der Waals surface area contributed by atoms with Crippen LogP contribution in [0.5, 0.6) is 11.5 Å². The zero-order chi connectivity index (χ0) is 20.2. The van der Waals surface area contributed by atoms with E-state index in [0.717, 1.165) is 29.7 Å². The Morgan fingerprint density at radius 3 is 2.72 bits per heavy atom. The van der Waals surface area contributed by atoms with Crippen LogP contribution < -0.4 is 19.1 Å². The van der Waals surface area contributed by atoms with Crippen molar-refractivity contribution in [2.24, 2.45) is 5.92 Å². The van der Waals surface area contributed by atoms with Crippen LogP contribution >= 0.6 is 0 Å². The predicted octanol–water partition coefficient (Wildman–Crippen LogP) is 2.58. The minimum atomic E-state index is -3.68. The molecule has 1 fully saturated rings. The highest BCUT2D eigenvalue weighted by Crippen LogP contribution is 2.39. The molecule has 5 rings (SSSR count). The number of carbonyl (C=O) groups is 1. The van der Waals surface area contributed by atoms with Gasteiger partial charge in [0.15, 0.2) is 11.5 Å². The van der Waals surface area contributed by atoms with Crippen LogP contribution in [-0.2, 0) is 27.8 Å². The fourth-order valence-electron chi connectivity index (χ4n) is 3.95. The lowest BCUT2D eigenvalue weighted by atomic mass is 10.1. The summed E-state index contributed by atoms with van der Waals surface area (Å²) in [5.74, 6) is 1.58. The summed E-state index contributed by atoms with van der Waals surface area (Å²) in [5.41, 5.74) is 2.52. The Morgan fingerprint density at radius 1 is 1.14 bits per heavy atom. The Kier molecular flexibility index (Phi) is 4.29. The first-order chi connectivity index (χ1) is 13.9. The minimum absolute atomic E-state index is 0.0534. The van der Waals surface area contributed by atoms with Crippen molar-refractivity contribution in [3.8, 4) is 11.5 Å². The molecule has 29 heavy (non-hydrogen) atoms. The topological polar surface area (TPSA) is 84.9 Å². The van der Waals surface area contributed by atoms with Crippen LogP contribution in [0.25, 0.3) is 0 Å². The van der Waals surface area contributed by atoms with Crippen molar-refractivity contribution in [3.05, 3.63) is 47.5 Å². The van der Waals surface area contributed by atoms with Crippen LogP contribution in [0.1, 0.15) is 30.9 Å². The number of hydrogen-bond acceptors (Lipinski definition) is 5. The molecule has 3 aliphatic rings. The lowest BCUT2D eigenvalue weighted by molar-refractivity contribution is -0.120. The summed E-state index contributed by atoms with van der Waals surface area (Å²) >= 11 is 0. The molecule has 1 amide bonds. The monoisotopic (exact) mass is 414 g/mol. The molecule has 7 nitrogen and oxygen atoms in total. The molecule has 152 valence electrons. The zero-order valence-electron chi connectivity index (χ0n) is 16.1. The molecule has 1 atom stereocenters. The number of rotatable bonds is 5. The number of ether oxygens (including phenoxy) is 2. The molecule has 0 bridgehead atoms. The van der Waals surface area contributed by atoms with Gasteiger partial charge >= 0.3 is 0 Å². The molecule has 2 heterocycles. The maximum Gasteiger partial charge on any atom is 0.240 e. The standard InChI is InChI=1S/C21H22N2O5S/c1-13-8-16-10-17(5-6-18(16)23(13)21(24)15-3-4-15)29(25,26)22-11-14-2-7-19-20(9-14)28-12-27-19/h2,5-7,9-10,13,15,22H,3-4,8,11-12H2,1H3/t13-/m0/s1. The molecule has 2 aliphatic heterocycles. The Morgan fingerprint density at radius 2 is 1.93 bits per heavy atom. The summed E-state index contributed by atoms with van der Waals surface area (Å²) in [6.07, 6.45) is 2.57. The molecule has 1 saturated carbocycles. The number of nitrogens with zero attached hydrogens (tertiary/aromatic N) is 1. The second kappa shape index (κ2) is 6.74. The second-order valence-electron chi connectivity index (χ2n) is 7.84. The molecule has 8 heteroatoms. The van der Waals surface area contributed by atoms with Gasteiger partial charge in [-0.2, -0.15) is 0 Å². The van der Waals surface area contributed by atoms with Crippen molar-refractivity contribution < 1.29 is 22.7 Å². The number of sulfonamides is 1. The van der Waals surface area contributed by atoms with Gasteiger partial charge in [-0.25, -0.2) is 13.1 Å². The van der Waals surface area contributed by atoms with Gasteiger partial charge in [0.1, 0.15) is 0 Å². The smallest absolute Gasteiger partial charge is 0.240 e. The first-order valence-electron chi connectivity index (χ1n) is 9.76. The van der Waals surface area contributed by atoms with Crippen molar-refractivity contribution in [2.45, 2.75) is 43.7 Å². The predicted molar refractivity (Wildman–Crippen MR) is 106 cm³/mol. The van der Waals surface area contributed by atoms with Gasteiger partial charge in [0.2, 0.25) is 22.7 Å². The molecule has 2 aromatic carbocycles. The summed E-state index contributed by atoms with van der Waals surface area (Å²) in [6, 6.07) is 10.4. The van der Waals surface area contributed by atoms with E-state index in [9.17, 15) is 13.2 Å². The highest BCUT2D eigenvalue weighted by atomic mass is 32.2. The number of carbonyl (C=O) groups excluding carboxylic acids is 1. The molecule has 0 spiro atoms. The third-order valence-electron chi connectivity index (χ3n) is 5.64. The third kappa shape index (κ3) is 3.36. The first kappa shape index (κ1) is 18.4. The molecule has 0 radical (unpaired) electrons. The Balaban J connectivity index is 1.34. The largest absolute Gasteiger partial charge is 0.454 e. The molecule has 1 N–H and O–H groups in total. The normalized spacial score (nSPS) is 20.0. The van der Waals surface area contributed by atoms with Gasteiger partial charge in [-0.05, 0) is 67.6 Å². The minimum Gasteiger partial charge on any atom is -0.454 e. The maximum atomic E-state index is 12.8. The number of hydrogen-bond donors (Lipinski definition) is 1. The number of anilines is 1. The second-order valence-corrected chi connectivity index (χ2v) is 9.61. The van der Waals surface area contributed by atoms with E-state index in [4.69, 9.17) is 9.47 Å². The average Bonchev–Trinajstić information content (AvgIpc) is 3.35. The van der Waals surface area contributed by atoms with Crippen LogP contribution in [0, 0.1) is 5.92 Å². The van der Waals surface area contributed by atoms with E-state index < -0.39 is 10.0 Å². The summed E-state index contributed by atoms with van der Waals surface area (Å²) in [7, 11) is -3.68. The number of nitrogens with one attached hydrogen (secondary N) is 1. The lowest BCUT2D eigenvalue weighted by Crippen LogP contribution is -2.36. The van der Waals surface area contributed by atoms with Crippen LogP contribution in [0.15, 0.2) is 41.3 Å². The van der Waals surface area contributed by atoms with Crippen LogP contribution in [-0.4, -0.2) is 27.2 Å². The SMILES string of the molecule is C[C@H]1Cc2cc(S(=O)(=O)NCc3ccc4c(c3)OCO4)ccc2N1C(=O)C1CC1. The highest BCUT2D eigenvalue weighted by Gasteiger charge is 2.39. The van der Waals surface area contributed by atoms with Crippen LogP contribution in [0.4, 0.5) is 5.69 Å². The summed E-state index contributed by atoms with van der Waals surface area (Å²) in [6.45, 7) is 2.34. The van der Waals surface area contributed by atoms with E-state index in [1.165, 1.54) is 0 Å². The van der Waals surface area contributed by atoms with Crippen molar-refractivity contribution >= 4 is 21.6 Å². The van der Waals surface area contributed by atoms with Gasteiger partial charge in [0.05, 0.1) is 4.90 Å². The summed E-state index contributed by atoms with van der Waals surface area (Å²) in [4.78, 5) is 14.6. The number of amides is 1. The van der Waals surface area contributed by atoms with Crippen molar-refractivity contribution in [1.82, 2.24) is 4.72 Å². The van der Waals surface area contributed by atoms with E-state index >= 15 is 0 Å². The van der Waals surface area contributed by atoms with Crippen LogP contribution in [0.2, 0.25) is 0 Å². The zero-order valence-corrected chi connectivity index (χ0v) is 16.9. The lowest BCUT2D eigenvalue weighted by Gasteiger charge is -2.22. The highest BCUT2D eigenvalue weighted by molar-refractivity contribution is 7.89. The Bertz CT molecular complexity index is 1090. The van der Waals surface area contributed by atoms with E-state index in [1.807, 2.05) is 17.9 Å². The van der Waals surface area contributed by atoms with Gasteiger partial charge in [0, 0.05) is 24.2 Å². The molecular formula is C21H22N2O5S. The fraction of sp³-hybridized carbons (Fsp3) is 0.381. The molecule has 0 aromatic heterocycles. The van der Waals surface area contributed by atoms with Crippen LogP contribution in [0.3, 0.4) is 0 Å². The van der Waals surface area contributed by atoms with Gasteiger partial charge < -0.3 is 14.4 Å². The summed E-state index contributed by atoms with van der Waals surface area (Å²) < 4.78 is 38.9. The fourth-order valence-corrected chi connectivity index (χ4v) is 5.02. The van der Waals surface area contributed by atoms with Crippen molar-refractivity contribution in [3.63, 3.8) is 0 Å². The molecule has 1 aliphatic carbocycles. The number of benzene rings is 2. The molecular weight excluding hydrogens is 392 g/mol.